The zero-order valence-electron chi connectivity index (χ0n) is 8.01. The van der Waals surface area contributed by atoms with Gasteiger partial charge in [-0.2, -0.15) is 11.8 Å². The van der Waals surface area contributed by atoms with Crippen molar-refractivity contribution >= 4 is 38.6 Å². The maximum Gasteiger partial charge on any atom is 0.0468 e. The Morgan fingerprint density at radius 3 is 3.07 bits per heavy atom. The number of rotatable bonds is 3. The average Bonchev–Trinajstić information content (AvgIpc) is 2.59. The molecular weight excluding hydrogens is 258 g/mol. The highest BCUT2D eigenvalue weighted by atomic mass is 79.9. The number of nitrogens with one attached hydrogen (secondary N) is 1. The molecule has 2 aromatic rings. The van der Waals surface area contributed by atoms with Crippen molar-refractivity contribution in [3.05, 3.63) is 34.4 Å². The highest BCUT2D eigenvalue weighted by Crippen LogP contribution is 2.29. The Kier molecular flexibility index (Phi) is 3.19. The molecule has 0 aliphatic heterocycles. The first kappa shape index (κ1) is 10.1. The average molecular weight is 270 g/mol. The van der Waals surface area contributed by atoms with E-state index in [0.717, 1.165) is 11.5 Å². The van der Waals surface area contributed by atoms with E-state index in [4.69, 9.17) is 0 Å². The zero-order chi connectivity index (χ0) is 9.97. The minimum absolute atomic E-state index is 1.08. The molecule has 1 heterocycles. The first-order valence-corrected chi connectivity index (χ1v) is 6.60. The number of halogens is 1. The Bertz CT molecular complexity index is 436. The Morgan fingerprint density at radius 1 is 1.43 bits per heavy atom. The van der Waals surface area contributed by atoms with Crippen molar-refractivity contribution < 1.29 is 0 Å². The van der Waals surface area contributed by atoms with E-state index in [1.807, 2.05) is 11.8 Å². The van der Waals surface area contributed by atoms with E-state index in [0.29, 0.717) is 0 Å². The molecule has 0 saturated carbocycles. The van der Waals surface area contributed by atoms with Crippen LogP contribution in [0.4, 0.5) is 0 Å². The summed E-state index contributed by atoms with van der Waals surface area (Å²) >= 11 is 5.54. The minimum atomic E-state index is 1.08. The first-order valence-electron chi connectivity index (χ1n) is 4.65. The van der Waals surface area contributed by atoms with Crippen LogP contribution in [-0.2, 0) is 5.75 Å². The van der Waals surface area contributed by atoms with Crippen molar-refractivity contribution in [2.24, 2.45) is 0 Å². The Balaban J connectivity index is 2.45. The first-order chi connectivity index (χ1) is 6.83. The van der Waals surface area contributed by atoms with Crippen LogP contribution in [0.3, 0.4) is 0 Å². The van der Waals surface area contributed by atoms with Crippen LogP contribution in [0.2, 0.25) is 0 Å². The standard InChI is InChI=1S/C11H12BrNS/c1-2-14-7-8-6-13-10-5-3-4-9(12)11(8)10/h3-6,13H,2,7H2,1H3. The molecule has 0 aliphatic rings. The number of hydrogen-bond donors (Lipinski definition) is 1. The second-order valence-electron chi connectivity index (χ2n) is 3.11. The van der Waals surface area contributed by atoms with E-state index >= 15 is 0 Å². The van der Waals surface area contributed by atoms with Crippen LogP contribution in [0.5, 0.6) is 0 Å². The number of hydrogen-bond acceptors (Lipinski definition) is 1. The molecule has 0 amide bonds. The van der Waals surface area contributed by atoms with Crippen LogP contribution >= 0.6 is 27.7 Å². The molecule has 0 saturated heterocycles. The molecule has 1 nitrogen and oxygen atoms in total. The Labute approximate surface area is 96.4 Å². The molecule has 2 rings (SSSR count). The molecule has 0 spiro atoms. The lowest BCUT2D eigenvalue weighted by Gasteiger charge is -1.99. The molecule has 1 aromatic heterocycles. The summed E-state index contributed by atoms with van der Waals surface area (Å²) in [4.78, 5) is 3.29. The number of thioether (sulfide) groups is 1. The maximum atomic E-state index is 3.59. The minimum Gasteiger partial charge on any atom is -0.361 e. The van der Waals surface area contributed by atoms with Gasteiger partial charge < -0.3 is 4.98 Å². The van der Waals surface area contributed by atoms with E-state index in [1.54, 1.807) is 0 Å². The van der Waals surface area contributed by atoms with Gasteiger partial charge in [-0.1, -0.05) is 28.9 Å². The SMILES string of the molecule is CCSCc1c[nH]c2cccc(Br)c12. The highest BCUT2D eigenvalue weighted by Gasteiger charge is 2.05. The molecule has 0 unspecified atom stereocenters. The van der Waals surface area contributed by atoms with Crippen LogP contribution in [-0.4, -0.2) is 10.7 Å². The van der Waals surface area contributed by atoms with Gasteiger partial charge in [0.15, 0.2) is 0 Å². The van der Waals surface area contributed by atoms with Gasteiger partial charge in [0.2, 0.25) is 0 Å². The lowest BCUT2D eigenvalue weighted by Crippen LogP contribution is -1.79. The lowest BCUT2D eigenvalue weighted by molar-refractivity contribution is 1.39. The van der Waals surface area contributed by atoms with Gasteiger partial charge in [0, 0.05) is 27.3 Å². The fraction of sp³-hybridized carbons (Fsp3) is 0.273. The van der Waals surface area contributed by atoms with Crippen LogP contribution in [0.25, 0.3) is 10.9 Å². The molecule has 3 heteroatoms. The summed E-state index contributed by atoms with van der Waals surface area (Å²) in [6, 6.07) is 6.26. The van der Waals surface area contributed by atoms with Crippen LogP contribution in [0.15, 0.2) is 28.9 Å². The van der Waals surface area contributed by atoms with Crippen molar-refractivity contribution in [1.29, 1.82) is 0 Å². The van der Waals surface area contributed by atoms with Gasteiger partial charge in [0.1, 0.15) is 0 Å². The Hall–Kier alpha value is -0.410. The molecule has 0 bridgehead atoms. The third-order valence-corrected chi connectivity index (χ3v) is 3.78. The van der Waals surface area contributed by atoms with Crippen molar-refractivity contribution in [2.75, 3.05) is 5.75 Å². The maximum absolute atomic E-state index is 3.59. The third kappa shape index (κ3) is 1.84. The molecule has 0 fully saturated rings. The van der Waals surface area contributed by atoms with E-state index in [9.17, 15) is 0 Å². The molecule has 1 N–H and O–H groups in total. The molecule has 1 aromatic carbocycles. The second-order valence-corrected chi connectivity index (χ2v) is 5.24. The van der Waals surface area contributed by atoms with Gasteiger partial charge in [-0.15, -0.1) is 0 Å². The quantitative estimate of drug-likeness (QED) is 0.884. The summed E-state index contributed by atoms with van der Waals surface area (Å²) in [7, 11) is 0. The highest BCUT2D eigenvalue weighted by molar-refractivity contribution is 9.10. The smallest absolute Gasteiger partial charge is 0.0468 e. The third-order valence-electron chi connectivity index (χ3n) is 2.20. The summed E-state index contributed by atoms with van der Waals surface area (Å²) in [5, 5.41) is 1.33. The summed E-state index contributed by atoms with van der Waals surface area (Å²) in [6.07, 6.45) is 2.11. The van der Waals surface area contributed by atoms with Gasteiger partial charge in [-0.3, -0.25) is 0 Å². The van der Waals surface area contributed by atoms with Gasteiger partial charge in [0.05, 0.1) is 0 Å². The van der Waals surface area contributed by atoms with Gasteiger partial charge in [-0.25, -0.2) is 0 Å². The molecule has 0 aliphatic carbocycles. The molecular formula is C11H12BrNS. The number of aromatic amines is 1. The number of aromatic nitrogens is 1. The van der Waals surface area contributed by atoms with Gasteiger partial charge in [0.25, 0.3) is 0 Å². The molecule has 0 atom stereocenters. The zero-order valence-corrected chi connectivity index (χ0v) is 10.4. The van der Waals surface area contributed by atoms with Crippen LogP contribution in [0.1, 0.15) is 12.5 Å². The van der Waals surface area contributed by atoms with Crippen molar-refractivity contribution in [1.82, 2.24) is 4.98 Å². The summed E-state index contributed by atoms with van der Waals surface area (Å²) < 4.78 is 1.18. The van der Waals surface area contributed by atoms with E-state index in [-0.39, 0.29) is 0 Å². The van der Waals surface area contributed by atoms with E-state index in [2.05, 4.69) is 52.2 Å². The predicted octanol–water partition coefficient (Wildman–Crippen LogP) is 4.18. The van der Waals surface area contributed by atoms with E-state index < -0.39 is 0 Å². The Morgan fingerprint density at radius 2 is 2.29 bits per heavy atom. The largest absolute Gasteiger partial charge is 0.361 e. The topological polar surface area (TPSA) is 15.8 Å². The van der Waals surface area contributed by atoms with Gasteiger partial charge >= 0.3 is 0 Å². The molecule has 74 valence electrons. The molecule has 0 radical (unpaired) electrons. The van der Waals surface area contributed by atoms with Crippen molar-refractivity contribution in [3.8, 4) is 0 Å². The normalized spacial score (nSPS) is 11.0. The predicted molar refractivity (Wildman–Crippen MR) is 67.8 cm³/mol. The van der Waals surface area contributed by atoms with Crippen molar-refractivity contribution in [2.45, 2.75) is 12.7 Å². The van der Waals surface area contributed by atoms with Crippen LogP contribution < -0.4 is 0 Å². The fourth-order valence-corrected chi connectivity index (χ4v) is 2.81. The van der Waals surface area contributed by atoms with Gasteiger partial charge in [-0.05, 0) is 23.4 Å². The number of fused-ring (bicyclic) bond motifs is 1. The molecule has 14 heavy (non-hydrogen) atoms. The lowest BCUT2D eigenvalue weighted by atomic mass is 10.2. The van der Waals surface area contributed by atoms with Crippen molar-refractivity contribution in [3.63, 3.8) is 0 Å². The van der Waals surface area contributed by atoms with E-state index in [1.165, 1.54) is 20.9 Å². The number of H-pyrrole nitrogens is 1. The number of benzene rings is 1. The second kappa shape index (κ2) is 4.41. The summed E-state index contributed by atoms with van der Waals surface area (Å²) in [5.74, 6) is 2.25. The summed E-state index contributed by atoms with van der Waals surface area (Å²) in [5.41, 5.74) is 2.60. The van der Waals surface area contributed by atoms with Crippen LogP contribution in [0, 0.1) is 0 Å². The fourth-order valence-electron chi connectivity index (χ4n) is 1.53. The monoisotopic (exact) mass is 269 g/mol. The summed E-state index contributed by atoms with van der Waals surface area (Å²) in [6.45, 7) is 2.19.